The van der Waals surface area contributed by atoms with Crippen LogP contribution in [0.25, 0.3) is 6.08 Å². The normalized spacial score (nSPS) is 11.9. The summed E-state index contributed by atoms with van der Waals surface area (Å²) in [7, 11) is 0. The molecule has 9 heteroatoms. The van der Waals surface area contributed by atoms with Gasteiger partial charge in [0, 0.05) is 11.8 Å². The number of amides is 1. The van der Waals surface area contributed by atoms with Crippen LogP contribution in [0.15, 0.2) is 54.8 Å². The fourth-order valence-electron chi connectivity index (χ4n) is 2.48. The summed E-state index contributed by atoms with van der Waals surface area (Å²) in [6.07, 6.45) is 3.46. The van der Waals surface area contributed by atoms with Gasteiger partial charge in [0.25, 0.3) is 5.91 Å². The van der Waals surface area contributed by atoms with E-state index in [0.717, 1.165) is 11.1 Å². The number of nitrogens with one attached hydrogen (secondary N) is 2. The van der Waals surface area contributed by atoms with Crippen LogP contribution in [0.4, 0.5) is 5.69 Å². The van der Waals surface area contributed by atoms with E-state index >= 15 is 0 Å². The second kappa shape index (κ2) is 8.79. The first-order valence-electron chi connectivity index (χ1n) is 8.62. The van der Waals surface area contributed by atoms with E-state index in [1.165, 1.54) is 12.1 Å². The summed E-state index contributed by atoms with van der Waals surface area (Å²) in [6.45, 7) is 5.33. The number of aryl methyl sites for hydroxylation is 1. The summed E-state index contributed by atoms with van der Waals surface area (Å²) >= 11 is 0. The van der Waals surface area contributed by atoms with Crippen LogP contribution in [-0.4, -0.2) is 24.2 Å². The van der Waals surface area contributed by atoms with E-state index in [4.69, 9.17) is 14.2 Å². The van der Waals surface area contributed by atoms with Crippen molar-refractivity contribution < 1.29 is 23.9 Å². The van der Waals surface area contributed by atoms with Gasteiger partial charge in [-0.25, -0.2) is 0 Å². The second-order valence-corrected chi connectivity index (χ2v) is 6.16. The average Bonchev–Trinajstić information content (AvgIpc) is 3.17. The molecule has 0 radical (unpaired) electrons. The van der Waals surface area contributed by atoms with Crippen LogP contribution in [0, 0.1) is 17.0 Å². The van der Waals surface area contributed by atoms with Crippen molar-refractivity contribution in [3.63, 3.8) is 0 Å². The highest BCUT2D eigenvalue weighted by molar-refractivity contribution is 5.77. The van der Waals surface area contributed by atoms with E-state index in [1.807, 2.05) is 18.2 Å². The predicted octanol–water partition coefficient (Wildman–Crippen LogP) is 2.86. The fourth-order valence-corrected chi connectivity index (χ4v) is 2.48. The van der Waals surface area contributed by atoms with Crippen LogP contribution in [0.1, 0.15) is 11.1 Å². The number of carbonyl (C=O) groups excluding carboxylic acids is 1. The van der Waals surface area contributed by atoms with Crippen molar-refractivity contribution in [3.05, 3.63) is 76.0 Å². The molecule has 0 fully saturated rings. The van der Waals surface area contributed by atoms with E-state index < -0.39 is 17.4 Å². The number of hydrogen-bond acceptors (Lipinski definition) is 7. The summed E-state index contributed by atoms with van der Waals surface area (Å²) < 4.78 is 15.8. The first-order chi connectivity index (χ1) is 13.9. The lowest BCUT2D eigenvalue weighted by Gasteiger charge is -2.10. The highest BCUT2D eigenvalue weighted by Gasteiger charge is 2.16. The molecule has 2 aromatic carbocycles. The zero-order valence-electron chi connectivity index (χ0n) is 15.6. The summed E-state index contributed by atoms with van der Waals surface area (Å²) in [5, 5.41) is 11.1. The maximum absolute atomic E-state index is 11.9. The van der Waals surface area contributed by atoms with Gasteiger partial charge in [0.05, 0.1) is 4.92 Å². The second-order valence-electron chi connectivity index (χ2n) is 6.16. The third kappa shape index (κ3) is 5.25. The van der Waals surface area contributed by atoms with Gasteiger partial charge < -0.3 is 14.2 Å². The molecule has 150 valence electrons. The number of nitro benzene ring substituents is 1. The van der Waals surface area contributed by atoms with Crippen LogP contribution in [-0.2, 0) is 4.79 Å². The molecule has 0 saturated carbocycles. The van der Waals surface area contributed by atoms with Gasteiger partial charge in [-0.3, -0.25) is 25.8 Å². The molecule has 2 N–H and O–H groups in total. The monoisotopic (exact) mass is 397 g/mol. The lowest BCUT2D eigenvalue weighted by molar-refractivity contribution is -0.385. The van der Waals surface area contributed by atoms with Crippen molar-refractivity contribution >= 4 is 17.7 Å². The molecule has 3 rings (SSSR count). The summed E-state index contributed by atoms with van der Waals surface area (Å²) in [6, 6.07) is 10.0. The minimum Gasteiger partial charge on any atom is -0.477 e. The van der Waals surface area contributed by atoms with E-state index in [2.05, 4.69) is 17.4 Å². The zero-order valence-corrected chi connectivity index (χ0v) is 15.6. The Bertz CT molecular complexity index is 986. The van der Waals surface area contributed by atoms with Crippen molar-refractivity contribution in [2.75, 3.05) is 13.4 Å². The van der Waals surface area contributed by atoms with Gasteiger partial charge in [0.2, 0.25) is 6.79 Å². The van der Waals surface area contributed by atoms with Crippen molar-refractivity contribution in [1.29, 1.82) is 0 Å². The molecule has 2 aromatic rings. The largest absolute Gasteiger partial charge is 0.477 e. The molecule has 0 aromatic heterocycles. The van der Waals surface area contributed by atoms with Crippen LogP contribution in [0.2, 0.25) is 0 Å². The molecule has 0 aliphatic carbocycles. The van der Waals surface area contributed by atoms with Gasteiger partial charge in [0.1, 0.15) is 0 Å². The number of hydrazine groups is 1. The van der Waals surface area contributed by atoms with E-state index in [-0.39, 0.29) is 18.2 Å². The Hall–Kier alpha value is -4.01. The SMILES string of the molecule is C=C(/C=C/c1ccc2c(c1)OCO2)NNC(=O)COc1ccc(C)cc1[N+](=O)[O-]. The Morgan fingerprint density at radius 3 is 2.83 bits per heavy atom. The number of allylic oxidation sites excluding steroid dienone is 1. The quantitative estimate of drug-likeness (QED) is 0.400. The number of nitro groups is 1. The molecule has 29 heavy (non-hydrogen) atoms. The number of benzene rings is 2. The maximum Gasteiger partial charge on any atom is 0.311 e. The van der Waals surface area contributed by atoms with Crippen LogP contribution in [0.3, 0.4) is 0 Å². The van der Waals surface area contributed by atoms with Gasteiger partial charge in [-0.05, 0) is 42.3 Å². The average molecular weight is 397 g/mol. The Balaban J connectivity index is 1.47. The standard InChI is InChI=1S/C20H19N3O6/c1-13-3-7-17(16(9-13)23(25)26)27-11-20(24)22-21-14(2)4-5-15-6-8-18-19(10-15)29-12-28-18/h3-10,21H,2,11-12H2,1H3,(H,22,24)/b5-4+. The molecule has 1 aliphatic heterocycles. The molecule has 0 bridgehead atoms. The minimum absolute atomic E-state index is 0.0253. The van der Waals surface area contributed by atoms with Gasteiger partial charge in [-0.1, -0.05) is 24.8 Å². The first-order valence-corrected chi connectivity index (χ1v) is 8.62. The molecule has 1 amide bonds. The van der Waals surface area contributed by atoms with Gasteiger partial charge in [-0.15, -0.1) is 0 Å². The number of rotatable bonds is 8. The summed E-state index contributed by atoms with van der Waals surface area (Å²) in [5.74, 6) is 0.872. The Morgan fingerprint density at radius 2 is 2.03 bits per heavy atom. The number of hydrogen-bond donors (Lipinski definition) is 2. The lowest BCUT2D eigenvalue weighted by Crippen LogP contribution is -2.39. The van der Waals surface area contributed by atoms with Gasteiger partial charge in [-0.2, -0.15) is 0 Å². The van der Waals surface area contributed by atoms with Crippen molar-refractivity contribution in [1.82, 2.24) is 10.9 Å². The van der Waals surface area contributed by atoms with E-state index in [1.54, 1.807) is 25.1 Å². The summed E-state index contributed by atoms with van der Waals surface area (Å²) in [5.41, 5.74) is 6.88. The topological polar surface area (TPSA) is 112 Å². The molecule has 0 saturated heterocycles. The Morgan fingerprint density at radius 1 is 1.24 bits per heavy atom. The highest BCUT2D eigenvalue weighted by Crippen LogP contribution is 2.32. The first kappa shape index (κ1) is 19.7. The molecule has 9 nitrogen and oxygen atoms in total. The van der Waals surface area contributed by atoms with Gasteiger partial charge in [0.15, 0.2) is 23.9 Å². The smallest absolute Gasteiger partial charge is 0.311 e. The maximum atomic E-state index is 11.9. The number of fused-ring (bicyclic) bond motifs is 1. The number of carbonyl (C=O) groups is 1. The van der Waals surface area contributed by atoms with Crippen molar-refractivity contribution in [2.24, 2.45) is 0 Å². The molecule has 1 heterocycles. The predicted molar refractivity (Wildman–Crippen MR) is 105 cm³/mol. The fraction of sp³-hybridized carbons (Fsp3) is 0.150. The molecular weight excluding hydrogens is 378 g/mol. The Kier molecular flexibility index (Phi) is 5.98. The minimum atomic E-state index is -0.554. The Labute approximate surface area is 166 Å². The van der Waals surface area contributed by atoms with E-state index in [0.29, 0.717) is 17.2 Å². The molecule has 0 unspecified atom stereocenters. The summed E-state index contributed by atoms with van der Waals surface area (Å²) in [4.78, 5) is 22.4. The van der Waals surface area contributed by atoms with Crippen LogP contribution < -0.4 is 25.1 Å². The van der Waals surface area contributed by atoms with Crippen molar-refractivity contribution in [2.45, 2.75) is 6.92 Å². The zero-order chi connectivity index (χ0) is 20.8. The number of nitrogens with zero attached hydrogens (tertiary/aromatic N) is 1. The third-order valence-corrected chi connectivity index (χ3v) is 3.91. The van der Waals surface area contributed by atoms with Gasteiger partial charge >= 0.3 is 5.69 Å². The van der Waals surface area contributed by atoms with Crippen LogP contribution >= 0.6 is 0 Å². The molecule has 0 spiro atoms. The third-order valence-electron chi connectivity index (χ3n) is 3.91. The molecular formula is C20H19N3O6. The molecule has 1 aliphatic rings. The highest BCUT2D eigenvalue weighted by atomic mass is 16.7. The molecule has 0 atom stereocenters. The van der Waals surface area contributed by atoms with E-state index in [9.17, 15) is 14.9 Å². The number of ether oxygens (including phenoxy) is 3. The van der Waals surface area contributed by atoms with Crippen LogP contribution in [0.5, 0.6) is 17.2 Å². The lowest BCUT2D eigenvalue weighted by atomic mass is 10.2. The van der Waals surface area contributed by atoms with Crippen molar-refractivity contribution in [3.8, 4) is 17.2 Å².